The highest BCUT2D eigenvalue weighted by Crippen LogP contribution is 2.32. The summed E-state index contributed by atoms with van der Waals surface area (Å²) >= 11 is 0. The number of nitrogens with one attached hydrogen (secondary N) is 2. The lowest BCUT2D eigenvalue weighted by Crippen LogP contribution is -2.50. The van der Waals surface area contributed by atoms with E-state index in [4.69, 9.17) is 0 Å². The topological polar surface area (TPSA) is 41.1 Å². The molecule has 1 aliphatic rings. The first-order valence-corrected chi connectivity index (χ1v) is 7.88. The third-order valence-corrected chi connectivity index (χ3v) is 4.47. The molecule has 6 heteroatoms. The molecule has 0 aromatic heterocycles. The molecule has 1 fully saturated rings. The van der Waals surface area contributed by atoms with Gasteiger partial charge in [-0.3, -0.25) is 4.79 Å². The highest BCUT2D eigenvalue weighted by atomic mass is 19.4. The zero-order chi connectivity index (χ0) is 17.2. The maximum absolute atomic E-state index is 12.9. The Hall–Kier alpha value is -1.56. The fraction of sp³-hybridized carbons (Fsp3) is 0.588. The van der Waals surface area contributed by atoms with Crippen molar-refractivity contribution in [3.63, 3.8) is 0 Å². The van der Waals surface area contributed by atoms with Crippen molar-refractivity contribution in [3.8, 4) is 0 Å². The summed E-state index contributed by atoms with van der Waals surface area (Å²) in [5, 5.41) is 6.05. The lowest BCUT2D eigenvalue weighted by Gasteiger charge is -2.33. The molecule has 0 spiro atoms. The van der Waals surface area contributed by atoms with E-state index >= 15 is 0 Å². The average molecular weight is 328 g/mol. The van der Waals surface area contributed by atoms with Crippen molar-refractivity contribution < 1.29 is 18.0 Å². The molecule has 0 aliphatic carbocycles. The lowest BCUT2D eigenvalue weighted by atomic mass is 9.87. The van der Waals surface area contributed by atoms with Crippen LogP contribution in [0, 0.1) is 17.8 Å². The van der Waals surface area contributed by atoms with Crippen molar-refractivity contribution in [2.45, 2.75) is 33.0 Å². The van der Waals surface area contributed by atoms with E-state index in [1.165, 1.54) is 6.07 Å². The minimum Gasteiger partial charge on any atom is -0.349 e. The van der Waals surface area contributed by atoms with E-state index in [2.05, 4.69) is 10.6 Å². The van der Waals surface area contributed by atoms with Gasteiger partial charge in [0.25, 0.3) is 0 Å². The Labute approximate surface area is 134 Å². The quantitative estimate of drug-likeness (QED) is 0.870. The van der Waals surface area contributed by atoms with Crippen molar-refractivity contribution in [1.29, 1.82) is 0 Å². The summed E-state index contributed by atoms with van der Waals surface area (Å²) < 4.78 is 38.7. The summed E-state index contributed by atoms with van der Waals surface area (Å²) in [4.78, 5) is 12.4. The highest BCUT2D eigenvalue weighted by Gasteiger charge is 2.33. The normalized spacial score (nSPS) is 18.4. The van der Waals surface area contributed by atoms with Crippen LogP contribution in [0.25, 0.3) is 0 Å². The second-order valence-electron chi connectivity index (χ2n) is 6.56. The number of rotatable bonds is 5. The largest absolute Gasteiger partial charge is 0.416 e. The first kappa shape index (κ1) is 17.8. The van der Waals surface area contributed by atoms with Crippen LogP contribution in [0.2, 0.25) is 0 Å². The standard InChI is InChI=1S/C17H23F3N2O/c1-10(2)15(22-16(23)11(3)13-8-21-9-13)12-5-4-6-14(7-12)17(18,19)20/h4-7,10-11,13,15,21H,8-9H2,1-3H3,(H,22,23). The molecule has 0 saturated carbocycles. The third kappa shape index (κ3) is 4.25. The Balaban J connectivity index is 2.16. The molecule has 1 amide bonds. The molecule has 1 aromatic carbocycles. The lowest BCUT2D eigenvalue weighted by molar-refractivity contribution is -0.137. The summed E-state index contributed by atoms with van der Waals surface area (Å²) in [6, 6.07) is 4.76. The van der Waals surface area contributed by atoms with Crippen LogP contribution in [0.4, 0.5) is 13.2 Å². The maximum Gasteiger partial charge on any atom is 0.416 e. The van der Waals surface area contributed by atoms with Gasteiger partial charge in [-0.05, 0) is 42.6 Å². The van der Waals surface area contributed by atoms with Gasteiger partial charge in [0.1, 0.15) is 0 Å². The summed E-state index contributed by atoms with van der Waals surface area (Å²) in [6.45, 7) is 7.26. The first-order valence-electron chi connectivity index (χ1n) is 7.88. The van der Waals surface area contributed by atoms with Gasteiger partial charge in [-0.1, -0.05) is 32.9 Å². The molecule has 2 N–H and O–H groups in total. The van der Waals surface area contributed by atoms with Gasteiger partial charge in [0.15, 0.2) is 0 Å². The molecule has 2 unspecified atom stereocenters. The van der Waals surface area contributed by atoms with Crippen LogP contribution < -0.4 is 10.6 Å². The Bertz CT molecular complexity index is 553. The molecule has 1 aliphatic heterocycles. The minimum atomic E-state index is -4.38. The minimum absolute atomic E-state index is 0.00542. The van der Waals surface area contributed by atoms with Crippen LogP contribution >= 0.6 is 0 Å². The van der Waals surface area contributed by atoms with Gasteiger partial charge in [0.2, 0.25) is 5.91 Å². The summed E-state index contributed by atoms with van der Waals surface area (Å²) in [6.07, 6.45) is -4.38. The van der Waals surface area contributed by atoms with Crippen molar-refractivity contribution in [2.75, 3.05) is 13.1 Å². The number of carbonyl (C=O) groups is 1. The Kier molecular flexibility index (Phi) is 5.34. The van der Waals surface area contributed by atoms with Gasteiger partial charge >= 0.3 is 6.18 Å². The SMILES string of the molecule is CC(C)C(NC(=O)C(C)C1CNC1)c1cccc(C(F)(F)F)c1. The number of hydrogen-bond donors (Lipinski definition) is 2. The molecule has 3 nitrogen and oxygen atoms in total. The van der Waals surface area contributed by atoms with E-state index in [1.807, 2.05) is 20.8 Å². The van der Waals surface area contributed by atoms with Crippen LogP contribution in [-0.4, -0.2) is 19.0 Å². The second-order valence-corrected chi connectivity index (χ2v) is 6.56. The molecule has 1 saturated heterocycles. The van der Waals surface area contributed by atoms with E-state index in [-0.39, 0.29) is 17.7 Å². The van der Waals surface area contributed by atoms with Gasteiger partial charge in [0.05, 0.1) is 11.6 Å². The van der Waals surface area contributed by atoms with Crippen LogP contribution in [0.3, 0.4) is 0 Å². The predicted octanol–water partition coefficient (Wildman–Crippen LogP) is 3.37. The molecule has 1 aromatic rings. The van der Waals surface area contributed by atoms with Gasteiger partial charge < -0.3 is 10.6 Å². The predicted molar refractivity (Wildman–Crippen MR) is 82.7 cm³/mol. The third-order valence-electron chi connectivity index (χ3n) is 4.47. The Morgan fingerprint density at radius 3 is 2.39 bits per heavy atom. The Morgan fingerprint density at radius 2 is 1.91 bits per heavy atom. The molecule has 1 heterocycles. The van der Waals surface area contributed by atoms with Gasteiger partial charge in [-0.25, -0.2) is 0 Å². The average Bonchev–Trinajstić information content (AvgIpc) is 2.41. The molecular weight excluding hydrogens is 305 g/mol. The number of carbonyl (C=O) groups excluding carboxylic acids is 1. The van der Waals surface area contributed by atoms with Crippen molar-refractivity contribution in [3.05, 3.63) is 35.4 Å². The van der Waals surface area contributed by atoms with Crippen molar-refractivity contribution >= 4 is 5.91 Å². The fourth-order valence-corrected chi connectivity index (χ4v) is 2.71. The van der Waals surface area contributed by atoms with Crippen molar-refractivity contribution in [2.24, 2.45) is 17.8 Å². The zero-order valence-corrected chi connectivity index (χ0v) is 13.6. The van der Waals surface area contributed by atoms with E-state index in [1.54, 1.807) is 6.07 Å². The summed E-state index contributed by atoms with van der Waals surface area (Å²) in [5.74, 6) is 0.0365. The zero-order valence-electron chi connectivity index (χ0n) is 13.6. The monoisotopic (exact) mass is 328 g/mol. The van der Waals surface area contributed by atoms with Gasteiger partial charge in [-0.15, -0.1) is 0 Å². The van der Waals surface area contributed by atoms with E-state index in [0.29, 0.717) is 11.5 Å². The number of halogens is 3. The number of benzene rings is 1. The fourth-order valence-electron chi connectivity index (χ4n) is 2.71. The van der Waals surface area contributed by atoms with Gasteiger partial charge in [0, 0.05) is 5.92 Å². The molecule has 0 bridgehead atoms. The highest BCUT2D eigenvalue weighted by molar-refractivity contribution is 5.79. The van der Waals surface area contributed by atoms with Crippen LogP contribution in [0.15, 0.2) is 24.3 Å². The molecule has 2 rings (SSSR count). The van der Waals surface area contributed by atoms with Crippen molar-refractivity contribution in [1.82, 2.24) is 10.6 Å². The molecule has 0 radical (unpaired) electrons. The Morgan fingerprint density at radius 1 is 1.26 bits per heavy atom. The summed E-state index contributed by atoms with van der Waals surface area (Å²) in [5.41, 5.74) is -0.201. The molecule has 23 heavy (non-hydrogen) atoms. The number of amides is 1. The van der Waals surface area contributed by atoms with Crippen LogP contribution in [0.5, 0.6) is 0 Å². The van der Waals surface area contributed by atoms with Crippen LogP contribution in [-0.2, 0) is 11.0 Å². The smallest absolute Gasteiger partial charge is 0.349 e. The van der Waals surface area contributed by atoms with E-state index < -0.39 is 17.8 Å². The molecule has 128 valence electrons. The van der Waals surface area contributed by atoms with Gasteiger partial charge in [-0.2, -0.15) is 13.2 Å². The molecule has 2 atom stereocenters. The maximum atomic E-state index is 12.9. The first-order chi connectivity index (χ1) is 10.7. The van der Waals surface area contributed by atoms with Crippen LogP contribution in [0.1, 0.15) is 37.9 Å². The number of alkyl halides is 3. The molecular formula is C17H23F3N2O. The summed E-state index contributed by atoms with van der Waals surface area (Å²) in [7, 11) is 0. The number of hydrogen-bond acceptors (Lipinski definition) is 2. The van der Waals surface area contributed by atoms with E-state index in [0.717, 1.165) is 25.2 Å². The van der Waals surface area contributed by atoms with E-state index in [9.17, 15) is 18.0 Å². The second kappa shape index (κ2) is 6.91.